The van der Waals surface area contributed by atoms with Gasteiger partial charge in [-0.3, -0.25) is 4.79 Å². The van der Waals surface area contributed by atoms with Gasteiger partial charge in [-0.1, -0.05) is 37.0 Å². The van der Waals surface area contributed by atoms with Gasteiger partial charge in [0.25, 0.3) is 0 Å². The number of hydrogen-bond donors (Lipinski definition) is 1. The monoisotopic (exact) mass is 345 g/mol. The number of carbonyl (C=O) groups is 2. The molecular weight excluding hydrogens is 325 g/mol. The average molecular weight is 346 g/mol. The number of methoxy groups -OCH3 is 1. The molecule has 0 heterocycles. The van der Waals surface area contributed by atoms with Gasteiger partial charge in [0.15, 0.2) is 0 Å². The van der Waals surface area contributed by atoms with Crippen LogP contribution >= 0.6 is 23.2 Å². The zero-order valence-corrected chi connectivity index (χ0v) is 14.9. The zero-order valence-electron chi connectivity index (χ0n) is 13.4. The van der Waals surface area contributed by atoms with Crippen molar-refractivity contribution in [1.29, 1.82) is 0 Å². The van der Waals surface area contributed by atoms with E-state index in [0.717, 1.165) is 5.56 Å². The van der Waals surface area contributed by atoms with E-state index in [-0.39, 0.29) is 18.2 Å². The number of halogens is 2. The summed E-state index contributed by atoms with van der Waals surface area (Å²) in [6, 6.07) is 3.35. The van der Waals surface area contributed by atoms with Gasteiger partial charge in [-0.25, -0.2) is 4.79 Å². The molecule has 0 spiro atoms. The molecule has 1 aromatic rings. The molecule has 0 saturated carbocycles. The Morgan fingerprint density at radius 1 is 1.32 bits per heavy atom. The molecule has 4 nitrogen and oxygen atoms in total. The van der Waals surface area contributed by atoms with Gasteiger partial charge >= 0.3 is 5.97 Å². The van der Waals surface area contributed by atoms with Crippen LogP contribution in [-0.2, 0) is 20.7 Å². The predicted octanol–water partition coefficient (Wildman–Crippen LogP) is 3.55. The van der Waals surface area contributed by atoms with Crippen LogP contribution in [0.2, 0.25) is 10.0 Å². The molecule has 0 saturated heterocycles. The lowest BCUT2D eigenvalue weighted by molar-refractivity contribution is -0.152. The first kappa shape index (κ1) is 18.8. The predicted molar refractivity (Wildman–Crippen MR) is 88.3 cm³/mol. The number of esters is 1. The Labute approximate surface area is 141 Å². The third-order valence-corrected chi connectivity index (χ3v) is 4.44. The van der Waals surface area contributed by atoms with Crippen molar-refractivity contribution in [2.24, 2.45) is 5.92 Å². The molecule has 0 radical (unpaired) electrons. The fourth-order valence-corrected chi connectivity index (χ4v) is 2.76. The maximum atomic E-state index is 12.3. The number of nitrogens with one attached hydrogen (secondary N) is 1. The van der Waals surface area contributed by atoms with Crippen LogP contribution in [-0.4, -0.2) is 24.5 Å². The lowest BCUT2D eigenvalue weighted by Gasteiger charge is -2.31. The second-order valence-electron chi connectivity index (χ2n) is 5.76. The first-order valence-corrected chi connectivity index (χ1v) is 7.71. The summed E-state index contributed by atoms with van der Waals surface area (Å²) >= 11 is 12.1. The largest absolute Gasteiger partial charge is 0.467 e. The van der Waals surface area contributed by atoms with Crippen LogP contribution in [0.5, 0.6) is 0 Å². The van der Waals surface area contributed by atoms with Gasteiger partial charge in [0.05, 0.1) is 13.5 Å². The fourth-order valence-electron chi connectivity index (χ4n) is 2.09. The van der Waals surface area contributed by atoms with Crippen molar-refractivity contribution in [1.82, 2.24) is 5.32 Å². The highest BCUT2D eigenvalue weighted by atomic mass is 35.5. The molecule has 1 rings (SSSR count). The Bertz CT molecular complexity index is 564. The van der Waals surface area contributed by atoms with Crippen molar-refractivity contribution in [3.63, 3.8) is 0 Å². The molecule has 1 unspecified atom stereocenters. The van der Waals surface area contributed by atoms with Gasteiger partial charge in [0.1, 0.15) is 5.54 Å². The normalized spacial score (nSPS) is 13.6. The minimum atomic E-state index is -1.08. The molecule has 0 bridgehead atoms. The number of benzene rings is 1. The highest BCUT2D eigenvalue weighted by Gasteiger charge is 2.39. The molecule has 22 heavy (non-hydrogen) atoms. The Kier molecular flexibility index (Phi) is 6.27. The van der Waals surface area contributed by atoms with Crippen molar-refractivity contribution < 1.29 is 14.3 Å². The molecule has 1 N–H and O–H groups in total. The lowest BCUT2D eigenvalue weighted by atomic mass is 9.88. The molecule has 0 fully saturated rings. The van der Waals surface area contributed by atoms with E-state index in [9.17, 15) is 9.59 Å². The van der Waals surface area contributed by atoms with E-state index < -0.39 is 11.5 Å². The van der Waals surface area contributed by atoms with Crippen LogP contribution in [0, 0.1) is 12.8 Å². The molecule has 0 aliphatic rings. The van der Waals surface area contributed by atoms with Crippen LogP contribution in [0.3, 0.4) is 0 Å². The standard InChI is InChI=1S/C16H21Cl2NO3/c1-9(2)16(4,15(21)22-5)19-14(20)8-12-10(3)6-11(17)7-13(12)18/h6-7,9H,8H2,1-5H3,(H,19,20). The Morgan fingerprint density at radius 3 is 2.36 bits per heavy atom. The van der Waals surface area contributed by atoms with Gasteiger partial charge in [-0.2, -0.15) is 0 Å². The minimum Gasteiger partial charge on any atom is -0.467 e. The van der Waals surface area contributed by atoms with E-state index in [1.165, 1.54) is 7.11 Å². The molecule has 122 valence electrons. The van der Waals surface area contributed by atoms with Crippen molar-refractivity contribution in [3.05, 3.63) is 33.3 Å². The fraction of sp³-hybridized carbons (Fsp3) is 0.500. The third kappa shape index (κ3) is 4.14. The maximum Gasteiger partial charge on any atom is 0.331 e. The van der Waals surface area contributed by atoms with Crippen molar-refractivity contribution >= 4 is 35.1 Å². The van der Waals surface area contributed by atoms with Crippen molar-refractivity contribution in [3.8, 4) is 0 Å². The molecule has 6 heteroatoms. The van der Waals surface area contributed by atoms with Crippen molar-refractivity contribution in [2.45, 2.75) is 39.7 Å². The molecule has 1 amide bonds. The van der Waals surface area contributed by atoms with E-state index in [0.29, 0.717) is 15.6 Å². The van der Waals surface area contributed by atoms with Gasteiger partial charge in [-0.15, -0.1) is 0 Å². The summed E-state index contributed by atoms with van der Waals surface area (Å²) in [7, 11) is 1.30. The quantitative estimate of drug-likeness (QED) is 0.830. The van der Waals surface area contributed by atoms with Crippen LogP contribution in [0.15, 0.2) is 12.1 Å². The number of hydrogen-bond acceptors (Lipinski definition) is 3. The summed E-state index contributed by atoms with van der Waals surface area (Å²) in [5.74, 6) is -0.894. The smallest absolute Gasteiger partial charge is 0.331 e. The summed E-state index contributed by atoms with van der Waals surface area (Å²) in [4.78, 5) is 24.3. The minimum absolute atomic E-state index is 0.0706. The molecule has 1 atom stereocenters. The molecule has 0 aliphatic heterocycles. The van der Waals surface area contributed by atoms with Crippen molar-refractivity contribution in [2.75, 3.05) is 7.11 Å². The van der Waals surface area contributed by atoms with Crippen LogP contribution in [0.25, 0.3) is 0 Å². The van der Waals surface area contributed by atoms with Gasteiger partial charge in [-0.05, 0) is 43.0 Å². The van der Waals surface area contributed by atoms with Gasteiger partial charge < -0.3 is 10.1 Å². The summed E-state index contributed by atoms with van der Waals surface area (Å²) in [5.41, 5.74) is 0.440. The van der Waals surface area contributed by atoms with Gasteiger partial charge in [0.2, 0.25) is 5.91 Å². The second-order valence-corrected chi connectivity index (χ2v) is 6.60. The molecular formula is C16H21Cl2NO3. The number of aryl methyl sites for hydroxylation is 1. The number of carbonyl (C=O) groups excluding carboxylic acids is 2. The van der Waals surface area contributed by atoms with Crippen LogP contribution in [0.4, 0.5) is 0 Å². The van der Waals surface area contributed by atoms with Crippen LogP contribution in [0.1, 0.15) is 31.9 Å². The van der Waals surface area contributed by atoms with E-state index in [4.69, 9.17) is 27.9 Å². The zero-order chi connectivity index (χ0) is 17.1. The SMILES string of the molecule is COC(=O)C(C)(NC(=O)Cc1c(C)cc(Cl)cc1Cl)C(C)C. The summed E-state index contributed by atoms with van der Waals surface area (Å²) in [6.07, 6.45) is 0.0706. The summed E-state index contributed by atoms with van der Waals surface area (Å²) in [6.45, 7) is 7.18. The molecule has 1 aromatic carbocycles. The summed E-state index contributed by atoms with van der Waals surface area (Å²) in [5, 5.41) is 3.71. The number of rotatable bonds is 5. The van der Waals surface area contributed by atoms with E-state index in [2.05, 4.69) is 5.32 Å². The van der Waals surface area contributed by atoms with Crippen LogP contribution < -0.4 is 5.32 Å². The van der Waals surface area contributed by atoms with E-state index >= 15 is 0 Å². The number of amides is 1. The Balaban J connectivity index is 2.97. The van der Waals surface area contributed by atoms with Gasteiger partial charge in [0, 0.05) is 10.0 Å². The molecule has 0 aromatic heterocycles. The maximum absolute atomic E-state index is 12.3. The highest BCUT2D eigenvalue weighted by molar-refractivity contribution is 6.35. The topological polar surface area (TPSA) is 55.4 Å². The lowest BCUT2D eigenvalue weighted by Crippen LogP contribution is -2.56. The third-order valence-electron chi connectivity index (χ3n) is 3.88. The first-order chi connectivity index (χ1) is 10.1. The average Bonchev–Trinajstić information content (AvgIpc) is 2.41. The first-order valence-electron chi connectivity index (χ1n) is 6.95. The Hall–Kier alpha value is -1.26. The van der Waals surface area contributed by atoms with E-state index in [1.807, 2.05) is 20.8 Å². The number of ether oxygens (including phenoxy) is 1. The highest BCUT2D eigenvalue weighted by Crippen LogP contribution is 2.26. The second kappa shape index (κ2) is 7.34. The Morgan fingerprint density at radius 2 is 1.91 bits per heavy atom. The van der Waals surface area contributed by atoms with E-state index in [1.54, 1.807) is 19.1 Å². The summed E-state index contributed by atoms with van der Waals surface area (Å²) < 4.78 is 4.79. The molecule has 0 aliphatic carbocycles.